The van der Waals surface area contributed by atoms with E-state index in [0.717, 1.165) is 12.8 Å². The van der Waals surface area contributed by atoms with Gasteiger partial charge in [0.05, 0.1) is 6.61 Å². The van der Waals surface area contributed by atoms with Crippen molar-refractivity contribution in [2.75, 3.05) is 6.61 Å². The summed E-state index contributed by atoms with van der Waals surface area (Å²) in [5.41, 5.74) is 1.01. The SMILES string of the molecule is CCCCCCCCCOc1cccnc1C#Cc1ccc(O)c(F)c1. The lowest BCUT2D eigenvalue weighted by Crippen LogP contribution is -2.00. The predicted molar refractivity (Wildman–Crippen MR) is 102 cm³/mol. The molecule has 0 saturated carbocycles. The summed E-state index contributed by atoms with van der Waals surface area (Å²) in [4.78, 5) is 4.24. The minimum Gasteiger partial charge on any atom is -0.505 e. The molecule has 1 aromatic heterocycles. The minimum absolute atomic E-state index is 0.382. The Balaban J connectivity index is 1.86. The first-order chi connectivity index (χ1) is 12.7. The molecule has 0 bridgehead atoms. The topological polar surface area (TPSA) is 42.4 Å². The molecule has 1 heterocycles. The second-order valence-corrected chi connectivity index (χ2v) is 6.24. The van der Waals surface area contributed by atoms with E-state index >= 15 is 0 Å². The summed E-state index contributed by atoms with van der Waals surface area (Å²) in [6.07, 6.45) is 10.3. The van der Waals surface area contributed by atoms with Crippen molar-refractivity contribution >= 4 is 0 Å². The van der Waals surface area contributed by atoms with Crippen LogP contribution in [-0.4, -0.2) is 16.7 Å². The van der Waals surface area contributed by atoms with E-state index in [2.05, 4.69) is 23.7 Å². The summed E-state index contributed by atoms with van der Waals surface area (Å²) >= 11 is 0. The van der Waals surface area contributed by atoms with Crippen molar-refractivity contribution < 1.29 is 14.2 Å². The van der Waals surface area contributed by atoms with Gasteiger partial charge in [0.15, 0.2) is 23.0 Å². The lowest BCUT2D eigenvalue weighted by molar-refractivity contribution is 0.302. The van der Waals surface area contributed by atoms with Crippen molar-refractivity contribution in [2.45, 2.75) is 51.9 Å². The molecular weight excluding hydrogens is 329 g/mol. The first kappa shape index (κ1) is 19.8. The van der Waals surface area contributed by atoms with Crippen molar-refractivity contribution in [3.8, 4) is 23.3 Å². The molecule has 0 aliphatic carbocycles. The monoisotopic (exact) mass is 355 g/mol. The van der Waals surface area contributed by atoms with Crippen LogP contribution in [0, 0.1) is 17.7 Å². The summed E-state index contributed by atoms with van der Waals surface area (Å²) in [5.74, 6) is 5.35. The van der Waals surface area contributed by atoms with Crippen LogP contribution in [0.4, 0.5) is 4.39 Å². The normalized spacial score (nSPS) is 10.2. The van der Waals surface area contributed by atoms with Crippen LogP contribution in [0.5, 0.6) is 11.5 Å². The highest BCUT2D eigenvalue weighted by atomic mass is 19.1. The van der Waals surface area contributed by atoms with Gasteiger partial charge in [0.25, 0.3) is 0 Å². The van der Waals surface area contributed by atoms with Gasteiger partial charge in [0.2, 0.25) is 0 Å². The van der Waals surface area contributed by atoms with Gasteiger partial charge in [-0.3, -0.25) is 0 Å². The molecular formula is C22H26FNO2. The molecule has 0 fully saturated rings. The average Bonchev–Trinajstić information content (AvgIpc) is 2.65. The quantitative estimate of drug-likeness (QED) is 0.480. The van der Waals surface area contributed by atoms with Crippen molar-refractivity contribution in [1.29, 1.82) is 0 Å². The first-order valence-electron chi connectivity index (χ1n) is 9.29. The van der Waals surface area contributed by atoms with Crippen LogP contribution in [0.25, 0.3) is 0 Å². The number of unbranched alkanes of at least 4 members (excludes halogenated alkanes) is 6. The number of hydrogen-bond acceptors (Lipinski definition) is 3. The molecule has 0 aliphatic rings. The molecule has 0 aliphatic heterocycles. The van der Waals surface area contributed by atoms with Gasteiger partial charge in [-0.2, -0.15) is 0 Å². The number of nitrogens with zero attached hydrogens (tertiary/aromatic N) is 1. The summed E-state index contributed by atoms with van der Waals surface area (Å²) in [7, 11) is 0. The second-order valence-electron chi connectivity index (χ2n) is 6.24. The highest BCUT2D eigenvalue weighted by molar-refractivity contribution is 5.46. The molecule has 0 saturated heterocycles. The van der Waals surface area contributed by atoms with E-state index in [1.807, 2.05) is 12.1 Å². The predicted octanol–water partition coefficient (Wildman–Crippen LogP) is 5.46. The molecule has 0 amide bonds. The smallest absolute Gasteiger partial charge is 0.166 e. The minimum atomic E-state index is -0.687. The number of phenolic OH excluding ortho intramolecular Hbond substituents is 1. The number of ether oxygens (including phenoxy) is 1. The fraction of sp³-hybridized carbons (Fsp3) is 0.409. The van der Waals surface area contributed by atoms with E-state index in [0.29, 0.717) is 23.6 Å². The number of hydrogen-bond donors (Lipinski definition) is 1. The van der Waals surface area contributed by atoms with Crippen LogP contribution in [0.15, 0.2) is 36.5 Å². The van der Waals surface area contributed by atoms with E-state index in [9.17, 15) is 9.50 Å². The van der Waals surface area contributed by atoms with Gasteiger partial charge in [0.1, 0.15) is 0 Å². The molecule has 0 unspecified atom stereocenters. The molecule has 0 radical (unpaired) electrons. The van der Waals surface area contributed by atoms with Gasteiger partial charge in [0, 0.05) is 11.8 Å². The number of phenols is 1. The zero-order valence-electron chi connectivity index (χ0n) is 15.3. The molecule has 1 aromatic carbocycles. The average molecular weight is 355 g/mol. The van der Waals surface area contributed by atoms with E-state index in [1.54, 1.807) is 12.3 Å². The summed E-state index contributed by atoms with van der Waals surface area (Å²) in [5, 5.41) is 9.22. The number of aromatic hydroxyl groups is 1. The molecule has 26 heavy (non-hydrogen) atoms. The number of halogens is 1. The Bertz CT molecular complexity index is 749. The summed E-state index contributed by atoms with van der Waals surface area (Å²) in [6.45, 7) is 2.86. The van der Waals surface area contributed by atoms with Crippen LogP contribution in [-0.2, 0) is 0 Å². The molecule has 2 aromatic rings. The number of aromatic nitrogens is 1. The number of pyridine rings is 1. The fourth-order valence-electron chi connectivity index (χ4n) is 2.56. The maximum absolute atomic E-state index is 13.4. The molecule has 1 N–H and O–H groups in total. The third kappa shape index (κ3) is 6.76. The first-order valence-corrected chi connectivity index (χ1v) is 9.29. The lowest BCUT2D eigenvalue weighted by Gasteiger charge is -2.07. The highest BCUT2D eigenvalue weighted by Gasteiger charge is 2.03. The third-order valence-electron chi connectivity index (χ3n) is 4.05. The molecule has 2 rings (SSSR count). The highest BCUT2D eigenvalue weighted by Crippen LogP contribution is 2.17. The second kappa shape index (κ2) is 11.1. The maximum Gasteiger partial charge on any atom is 0.166 e. The van der Waals surface area contributed by atoms with Gasteiger partial charge in [-0.1, -0.05) is 51.4 Å². The standard InChI is InChI=1S/C22H26FNO2/c1-2-3-4-5-6-7-8-16-26-22-10-9-15-24-20(22)13-11-18-12-14-21(25)19(23)17-18/h9-10,12,14-15,17,25H,2-8,16H2,1H3. The Hall–Kier alpha value is -2.54. The summed E-state index contributed by atoms with van der Waals surface area (Å²) in [6, 6.07) is 7.70. The molecule has 0 spiro atoms. The Morgan fingerprint density at radius 3 is 2.58 bits per heavy atom. The van der Waals surface area contributed by atoms with Crippen molar-refractivity contribution in [3.63, 3.8) is 0 Å². The van der Waals surface area contributed by atoms with Crippen molar-refractivity contribution in [3.05, 3.63) is 53.6 Å². The molecule has 4 heteroatoms. The Labute approximate surface area is 155 Å². The lowest BCUT2D eigenvalue weighted by atomic mass is 10.1. The van der Waals surface area contributed by atoms with Gasteiger partial charge < -0.3 is 9.84 Å². The van der Waals surface area contributed by atoms with Crippen LogP contribution in [0.2, 0.25) is 0 Å². The summed E-state index contributed by atoms with van der Waals surface area (Å²) < 4.78 is 19.2. The van der Waals surface area contributed by atoms with Gasteiger partial charge in [-0.25, -0.2) is 9.37 Å². The van der Waals surface area contributed by atoms with Crippen LogP contribution in [0.3, 0.4) is 0 Å². The van der Waals surface area contributed by atoms with Gasteiger partial charge in [-0.05, 0) is 42.7 Å². The van der Waals surface area contributed by atoms with Crippen LogP contribution in [0.1, 0.15) is 63.1 Å². The van der Waals surface area contributed by atoms with Crippen molar-refractivity contribution in [2.24, 2.45) is 0 Å². The van der Waals surface area contributed by atoms with Gasteiger partial charge >= 0.3 is 0 Å². The van der Waals surface area contributed by atoms with Crippen LogP contribution < -0.4 is 4.74 Å². The zero-order valence-corrected chi connectivity index (χ0v) is 15.3. The Morgan fingerprint density at radius 2 is 1.81 bits per heavy atom. The van der Waals surface area contributed by atoms with E-state index in [-0.39, 0.29) is 5.75 Å². The van der Waals surface area contributed by atoms with E-state index in [1.165, 1.54) is 44.2 Å². The van der Waals surface area contributed by atoms with Crippen LogP contribution >= 0.6 is 0 Å². The van der Waals surface area contributed by atoms with Gasteiger partial charge in [-0.15, -0.1) is 0 Å². The Morgan fingerprint density at radius 1 is 1.04 bits per heavy atom. The van der Waals surface area contributed by atoms with E-state index in [4.69, 9.17) is 4.74 Å². The number of rotatable bonds is 9. The largest absolute Gasteiger partial charge is 0.505 e. The maximum atomic E-state index is 13.4. The van der Waals surface area contributed by atoms with E-state index < -0.39 is 5.82 Å². The van der Waals surface area contributed by atoms with Crippen molar-refractivity contribution in [1.82, 2.24) is 4.98 Å². The third-order valence-corrected chi connectivity index (χ3v) is 4.05. The zero-order chi connectivity index (χ0) is 18.6. The fourth-order valence-corrected chi connectivity index (χ4v) is 2.56. The molecule has 3 nitrogen and oxygen atoms in total. The molecule has 138 valence electrons. The number of benzene rings is 1. The Kier molecular flexibility index (Phi) is 8.48. The molecule has 0 atom stereocenters.